The summed E-state index contributed by atoms with van der Waals surface area (Å²) in [5.41, 5.74) is 1.55. The molecule has 0 radical (unpaired) electrons. The molecule has 3 heterocycles. The number of para-hydroxylation sites is 1. The van der Waals surface area contributed by atoms with Gasteiger partial charge >= 0.3 is 0 Å². The van der Waals surface area contributed by atoms with Crippen LogP contribution in [0.1, 0.15) is 27.1 Å². The van der Waals surface area contributed by atoms with E-state index in [1.807, 2.05) is 0 Å². The van der Waals surface area contributed by atoms with E-state index in [4.69, 9.17) is 0 Å². The van der Waals surface area contributed by atoms with Crippen molar-refractivity contribution in [2.45, 2.75) is 17.4 Å². The predicted octanol–water partition coefficient (Wildman–Crippen LogP) is 3.12. The quantitative estimate of drug-likeness (QED) is 0.379. The van der Waals surface area contributed by atoms with Crippen LogP contribution >= 0.6 is 0 Å². The molecule has 0 aliphatic carbocycles. The lowest BCUT2D eigenvalue weighted by molar-refractivity contribution is 0.0626. The monoisotopic (exact) mass is 515 g/mol. The molecule has 1 saturated heterocycles. The summed E-state index contributed by atoms with van der Waals surface area (Å²) >= 11 is 0. The molecule has 9 nitrogen and oxygen atoms in total. The Morgan fingerprint density at radius 2 is 1.68 bits per heavy atom. The molecule has 10 heteroatoms. The van der Waals surface area contributed by atoms with Crippen LogP contribution in [0.3, 0.4) is 0 Å². The average Bonchev–Trinajstić information content (AvgIpc) is 3.19. The second-order valence-electron chi connectivity index (χ2n) is 8.69. The number of nitrogens with one attached hydrogen (secondary N) is 2. The van der Waals surface area contributed by atoms with Crippen LogP contribution in [0.25, 0.3) is 10.9 Å². The zero-order valence-electron chi connectivity index (χ0n) is 19.9. The second kappa shape index (κ2) is 10.5. The van der Waals surface area contributed by atoms with Gasteiger partial charge in [-0.15, -0.1) is 0 Å². The molecule has 37 heavy (non-hydrogen) atoms. The van der Waals surface area contributed by atoms with E-state index in [9.17, 15) is 18.0 Å². The third-order valence-corrected chi connectivity index (χ3v) is 7.68. The van der Waals surface area contributed by atoms with Crippen LogP contribution in [0.5, 0.6) is 0 Å². The number of hydrogen-bond acceptors (Lipinski definition) is 7. The van der Waals surface area contributed by atoms with E-state index in [1.54, 1.807) is 84.2 Å². The van der Waals surface area contributed by atoms with Crippen molar-refractivity contribution in [3.63, 3.8) is 0 Å². The zero-order chi connectivity index (χ0) is 25.8. The van der Waals surface area contributed by atoms with Gasteiger partial charge in [-0.1, -0.05) is 18.2 Å². The van der Waals surface area contributed by atoms with Crippen molar-refractivity contribution >= 4 is 38.3 Å². The van der Waals surface area contributed by atoms with Gasteiger partial charge in [0.1, 0.15) is 10.9 Å². The number of carbonyl (C=O) groups is 2. The lowest BCUT2D eigenvalue weighted by Gasteiger charge is -2.29. The summed E-state index contributed by atoms with van der Waals surface area (Å²) in [5, 5.41) is 3.95. The summed E-state index contributed by atoms with van der Waals surface area (Å²) in [6.07, 6.45) is 5.37. The highest BCUT2D eigenvalue weighted by Crippen LogP contribution is 2.24. The van der Waals surface area contributed by atoms with Crippen molar-refractivity contribution in [3.8, 4) is 0 Å². The summed E-state index contributed by atoms with van der Waals surface area (Å²) in [5.74, 6) is -0.443. The van der Waals surface area contributed by atoms with Crippen molar-refractivity contribution in [1.82, 2.24) is 20.2 Å². The SMILES string of the molecule is O=C(c1ccncc1)C1CNCCCN1C(=O)c1ccc(NS(=O)(=O)c2cccc3cccnc23)cc1. The van der Waals surface area contributed by atoms with E-state index in [-0.39, 0.29) is 16.6 Å². The highest BCUT2D eigenvalue weighted by molar-refractivity contribution is 7.93. The highest BCUT2D eigenvalue weighted by Gasteiger charge is 2.32. The van der Waals surface area contributed by atoms with Gasteiger partial charge in [0.25, 0.3) is 15.9 Å². The molecule has 5 rings (SSSR count). The molecule has 1 fully saturated rings. The highest BCUT2D eigenvalue weighted by atomic mass is 32.2. The van der Waals surface area contributed by atoms with Crippen molar-refractivity contribution in [2.24, 2.45) is 0 Å². The Bertz CT molecular complexity index is 1540. The Morgan fingerprint density at radius 1 is 0.919 bits per heavy atom. The molecule has 1 aliphatic heterocycles. The molecule has 1 aliphatic rings. The lowest BCUT2D eigenvalue weighted by Crippen LogP contribution is -2.48. The number of sulfonamides is 1. The summed E-state index contributed by atoms with van der Waals surface area (Å²) < 4.78 is 28.8. The van der Waals surface area contributed by atoms with E-state index in [1.165, 1.54) is 6.07 Å². The molecule has 1 atom stereocenters. The summed E-state index contributed by atoms with van der Waals surface area (Å²) in [6.45, 7) is 1.48. The Hall–Kier alpha value is -4.15. The van der Waals surface area contributed by atoms with Gasteiger partial charge in [-0.25, -0.2) is 8.42 Å². The van der Waals surface area contributed by atoms with Crippen molar-refractivity contribution in [3.05, 3.63) is 96.4 Å². The topological polar surface area (TPSA) is 121 Å². The number of rotatable bonds is 6. The molecule has 0 bridgehead atoms. The fourth-order valence-electron chi connectivity index (χ4n) is 4.41. The average molecular weight is 516 g/mol. The summed E-state index contributed by atoms with van der Waals surface area (Å²) in [7, 11) is -3.91. The van der Waals surface area contributed by atoms with E-state index in [0.717, 1.165) is 0 Å². The Kier molecular flexibility index (Phi) is 6.93. The smallest absolute Gasteiger partial charge is 0.264 e. The summed E-state index contributed by atoms with van der Waals surface area (Å²) in [4.78, 5) is 36.5. The first-order valence-corrected chi connectivity index (χ1v) is 13.3. The number of fused-ring (bicyclic) bond motifs is 1. The molecule has 2 aromatic heterocycles. The van der Waals surface area contributed by atoms with Crippen LogP contribution < -0.4 is 10.0 Å². The second-order valence-corrected chi connectivity index (χ2v) is 10.3. The fraction of sp³-hybridized carbons (Fsp3) is 0.185. The Morgan fingerprint density at radius 3 is 2.46 bits per heavy atom. The Labute approximate surface area is 214 Å². The van der Waals surface area contributed by atoms with Gasteiger partial charge in [-0.2, -0.15) is 0 Å². The predicted molar refractivity (Wildman–Crippen MR) is 140 cm³/mol. The number of nitrogens with zero attached hydrogens (tertiary/aromatic N) is 3. The number of aromatic nitrogens is 2. The standard InChI is InChI=1S/C27H25N5O4S/c33-26(20-11-15-28-16-12-20)23-18-29-13-3-17-32(23)27(34)21-7-9-22(10-8-21)31-37(35,36)24-6-1-4-19-5-2-14-30-25(19)24/h1-2,4-12,14-16,23,29,31H,3,13,17-18H2. The van der Waals surface area contributed by atoms with Crippen LogP contribution in [0.2, 0.25) is 0 Å². The number of ketones is 1. The third-order valence-electron chi connectivity index (χ3n) is 6.26. The van der Waals surface area contributed by atoms with Crippen molar-refractivity contribution < 1.29 is 18.0 Å². The maximum Gasteiger partial charge on any atom is 0.264 e. The number of benzene rings is 2. The molecule has 0 saturated carbocycles. The van der Waals surface area contributed by atoms with Crippen LogP contribution in [-0.4, -0.2) is 60.7 Å². The molecule has 0 spiro atoms. The number of amides is 1. The first-order chi connectivity index (χ1) is 17.9. The third kappa shape index (κ3) is 5.20. The number of hydrogen-bond donors (Lipinski definition) is 2. The van der Waals surface area contributed by atoms with E-state index < -0.39 is 16.1 Å². The van der Waals surface area contributed by atoms with Crippen LogP contribution in [0.4, 0.5) is 5.69 Å². The van der Waals surface area contributed by atoms with Gasteiger partial charge in [0.2, 0.25) is 0 Å². The van der Waals surface area contributed by atoms with Crippen molar-refractivity contribution in [1.29, 1.82) is 0 Å². The van der Waals surface area contributed by atoms with Crippen LogP contribution in [-0.2, 0) is 10.0 Å². The fourth-order valence-corrected chi connectivity index (χ4v) is 5.65. The van der Waals surface area contributed by atoms with E-state index in [2.05, 4.69) is 20.0 Å². The molecular weight excluding hydrogens is 490 g/mol. The van der Waals surface area contributed by atoms with Crippen molar-refractivity contribution in [2.75, 3.05) is 24.4 Å². The molecule has 2 N–H and O–H groups in total. The lowest BCUT2D eigenvalue weighted by atomic mass is 10.0. The largest absolute Gasteiger partial charge is 0.327 e. The minimum Gasteiger partial charge on any atom is -0.327 e. The molecular formula is C27H25N5O4S. The minimum absolute atomic E-state index is 0.0697. The maximum absolute atomic E-state index is 13.4. The molecule has 1 amide bonds. The maximum atomic E-state index is 13.4. The van der Waals surface area contributed by atoms with Gasteiger partial charge in [0.05, 0.1) is 5.52 Å². The molecule has 4 aromatic rings. The summed E-state index contributed by atoms with van der Waals surface area (Å²) in [6, 6.07) is 17.3. The van der Waals surface area contributed by atoms with Gasteiger partial charge < -0.3 is 10.2 Å². The van der Waals surface area contributed by atoms with Gasteiger partial charge in [0, 0.05) is 53.9 Å². The first-order valence-electron chi connectivity index (χ1n) is 11.9. The normalized spacial score (nSPS) is 16.2. The van der Waals surface area contributed by atoms with Crippen LogP contribution in [0.15, 0.2) is 90.2 Å². The number of anilines is 1. The Balaban J connectivity index is 1.36. The first kappa shape index (κ1) is 24.5. The molecule has 188 valence electrons. The van der Waals surface area contributed by atoms with Gasteiger partial charge in [-0.05, 0) is 61.5 Å². The molecule has 1 unspecified atom stereocenters. The minimum atomic E-state index is -3.91. The van der Waals surface area contributed by atoms with E-state index in [0.29, 0.717) is 53.8 Å². The molecule has 2 aromatic carbocycles. The van der Waals surface area contributed by atoms with Crippen LogP contribution in [0, 0.1) is 0 Å². The number of Topliss-reactive ketones (excluding diaryl/α,β-unsaturated/α-hetero) is 1. The number of carbonyl (C=O) groups excluding carboxylic acids is 2. The van der Waals surface area contributed by atoms with Gasteiger partial charge in [-0.3, -0.25) is 24.3 Å². The number of pyridine rings is 2. The zero-order valence-corrected chi connectivity index (χ0v) is 20.7. The van der Waals surface area contributed by atoms with Gasteiger partial charge in [0.15, 0.2) is 5.78 Å². The van der Waals surface area contributed by atoms with E-state index >= 15 is 0 Å².